The van der Waals surface area contributed by atoms with E-state index in [2.05, 4.69) is 36.2 Å². The van der Waals surface area contributed by atoms with Crippen molar-refractivity contribution in [1.29, 1.82) is 0 Å². The normalized spacial score (nSPS) is 17.1. The molecule has 6 N–H and O–H groups in total. The van der Waals surface area contributed by atoms with Crippen LogP contribution in [0.5, 0.6) is 0 Å². The molecule has 368 valence electrons. The molecule has 4 rings (SSSR count). The van der Waals surface area contributed by atoms with Crippen LogP contribution in [0.15, 0.2) is 67.3 Å². The summed E-state index contributed by atoms with van der Waals surface area (Å²) in [5, 5.41) is 23.8. The van der Waals surface area contributed by atoms with Crippen molar-refractivity contribution >= 4 is 35.6 Å². The van der Waals surface area contributed by atoms with E-state index in [1.165, 1.54) is 23.2 Å². The van der Waals surface area contributed by atoms with E-state index < -0.39 is 71.6 Å². The predicted molar refractivity (Wildman–Crippen MR) is 255 cm³/mol. The van der Waals surface area contributed by atoms with E-state index in [0.29, 0.717) is 43.6 Å². The Bertz CT molecular complexity index is 2040. The molecule has 1 saturated heterocycles. The van der Waals surface area contributed by atoms with Gasteiger partial charge in [-0.05, 0) is 81.9 Å². The molecule has 1 aliphatic heterocycles. The largest absolute Gasteiger partial charge is 0.444 e. The summed E-state index contributed by atoms with van der Waals surface area (Å²) < 4.78 is 5.59. The molecule has 17 heteroatoms. The van der Waals surface area contributed by atoms with Crippen LogP contribution in [0.25, 0.3) is 0 Å². The molecule has 1 fully saturated rings. The van der Waals surface area contributed by atoms with Crippen molar-refractivity contribution in [3.63, 3.8) is 0 Å². The molecule has 17 nitrogen and oxygen atoms in total. The lowest BCUT2D eigenvalue weighted by Crippen LogP contribution is -2.59. The van der Waals surface area contributed by atoms with Gasteiger partial charge in [-0.2, -0.15) is 0 Å². The van der Waals surface area contributed by atoms with Crippen molar-refractivity contribution in [3.05, 3.63) is 84.2 Å². The van der Waals surface area contributed by atoms with Crippen LogP contribution in [0.2, 0.25) is 0 Å². The lowest BCUT2D eigenvalue weighted by molar-refractivity contribution is -0.143. The fraction of sp³-hybridized carbons (Fsp3) is 0.600. The molecular weight excluding hydrogens is 855 g/mol. The first-order chi connectivity index (χ1) is 31.7. The van der Waals surface area contributed by atoms with Gasteiger partial charge in [-0.15, -0.1) is 0 Å². The summed E-state index contributed by atoms with van der Waals surface area (Å²) in [6.45, 7) is 17.3. The molecule has 2 aromatic heterocycles. The highest BCUT2D eigenvalue weighted by molar-refractivity contribution is 5.94. The molecule has 3 aromatic rings. The first kappa shape index (κ1) is 53.8. The molecule has 0 saturated carbocycles. The minimum absolute atomic E-state index is 0.000454. The number of aromatic nitrogens is 3. The lowest BCUT2D eigenvalue weighted by atomic mass is 9.85. The summed E-state index contributed by atoms with van der Waals surface area (Å²) in [7, 11) is 1.50. The fourth-order valence-corrected chi connectivity index (χ4v) is 8.26. The van der Waals surface area contributed by atoms with Crippen LogP contribution in [0.4, 0.5) is 4.79 Å². The molecule has 8 atom stereocenters. The number of aliphatic hydroxyl groups is 1. The molecule has 0 radical (unpaired) electrons. The summed E-state index contributed by atoms with van der Waals surface area (Å²) in [6.07, 6.45) is 4.96. The molecule has 0 unspecified atom stereocenters. The summed E-state index contributed by atoms with van der Waals surface area (Å²) >= 11 is 0. The Hall–Kier alpha value is -5.84. The number of carbonyl (C=O) groups excluding carboxylic acids is 6. The highest BCUT2D eigenvalue weighted by atomic mass is 16.6. The number of likely N-dealkylation sites (N-methyl/N-ethyl adjacent to an activating group) is 1. The average Bonchev–Trinajstić information content (AvgIpc) is 4.00. The summed E-state index contributed by atoms with van der Waals surface area (Å²) in [5.41, 5.74) is 1.17. The topological polar surface area (TPSA) is 228 Å². The number of benzene rings is 1. The van der Waals surface area contributed by atoms with E-state index in [4.69, 9.17) is 4.74 Å². The maximum absolute atomic E-state index is 14.8. The zero-order valence-electron chi connectivity index (χ0n) is 41.1. The first-order valence-corrected chi connectivity index (χ1v) is 23.7. The second kappa shape index (κ2) is 25.3. The molecule has 1 aliphatic rings. The Labute approximate surface area is 396 Å². The maximum Gasteiger partial charge on any atom is 0.410 e. The van der Waals surface area contributed by atoms with Crippen molar-refractivity contribution < 1.29 is 38.6 Å². The molecular formula is C50H75N9O8. The Kier molecular flexibility index (Phi) is 20.3. The molecule has 0 aliphatic carbocycles. The zero-order chi connectivity index (χ0) is 49.4. The van der Waals surface area contributed by atoms with Gasteiger partial charge in [0.25, 0.3) is 0 Å². The van der Waals surface area contributed by atoms with Crippen LogP contribution >= 0.6 is 0 Å². The van der Waals surface area contributed by atoms with Gasteiger partial charge in [-0.3, -0.25) is 33.9 Å². The predicted octanol–water partition coefficient (Wildman–Crippen LogP) is 4.70. The van der Waals surface area contributed by atoms with Gasteiger partial charge in [-0.25, -0.2) is 9.78 Å². The second-order valence-corrected chi connectivity index (χ2v) is 19.6. The van der Waals surface area contributed by atoms with Gasteiger partial charge in [0.05, 0.1) is 36.4 Å². The van der Waals surface area contributed by atoms with Crippen LogP contribution in [-0.4, -0.2) is 121 Å². The van der Waals surface area contributed by atoms with Crippen molar-refractivity contribution in [2.75, 3.05) is 13.6 Å². The smallest absolute Gasteiger partial charge is 0.410 e. The van der Waals surface area contributed by atoms with Crippen molar-refractivity contribution in [2.24, 2.45) is 23.7 Å². The SMILES string of the molecule is CC[C@H](C)[C@H](NC(=O)[C@@H](C[C@H](O)[C@H](CC(C)C)NC(=O)[C@H](Cc1c[nH]cn1)N(C)C(=O)[C@H](Cc1ccccc1)NC(=O)[C@@H]1CCCN1C(=O)OC(C)(C)C)C(C)C)C(=O)NCc1ccccn1. The number of carbonyl (C=O) groups is 6. The van der Waals surface area contributed by atoms with E-state index in [0.717, 1.165) is 5.56 Å². The van der Waals surface area contributed by atoms with Crippen LogP contribution in [-0.2, 0) is 48.1 Å². The third kappa shape index (κ3) is 16.5. The third-order valence-electron chi connectivity index (χ3n) is 12.3. The number of rotatable bonds is 23. The number of H-pyrrole nitrogens is 1. The minimum atomic E-state index is -1.19. The van der Waals surface area contributed by atoms with Gasteiger partial charge in [0.15, 0.2) is 0 Å². The third-order valence-corrected chi connectivity index (χ3v) is 12.3. The molecule has 6 amide bonds. The van der Waals surface area contributed by atoms with Gasteiger partial charge in [-0.1, -0.05) is 84.4 Å². The Balaban J connectivity index is 1.57. The monoisotopic (exact) mass is 930 g/mol. The summed E-state index contributed by atoms with van der Waals surface area (Å²) in [6, 6.07) is 9.81. The molecule has 0 bridgehead atoms. The zero-order valence-corrected chi connectivity index (χ0v) is 41.1. The average molecular weight is 930 g/mol. The minimum Gasteiger partial charge on any atom is -0.444 e. The van der Waals surface area contributed by atoms with E-state index in [-0.39, 0.29) is 55.4 Å². The lowest BCUT2D eigenvalue weighted by Gasteiger charge is -2.35. The Morgan fingerprint density at radius 1 is 0.881 bits per heavy atom. The number of imidazole rings is 1. The van der Waals surface area contributed by atoms with Crippen molar-refractivity contribution in [1.82, 2.24) is 46.0 Å². The highest BCUT2D eigenvalue weighted by Gasteiger charge is 2.41. The van der Waals surface area contributed by atoms with Crippen LogP contribution in [0.1, 0.15) is 111 Å². The van der Waals surface area contributed by atoms with Gasteiger partial charge in [0, 0.05) is 44.7 Å². The van der Waals surface area contributed by atoms with E-state index in [1.54, 1.807) is 45.3 Å². The number of nitrogens with zero attached hydrogens (tertiary/aromatic N) is 4. The van der Waals surface area contributed by atoms with Gasteiger partial charge >= 0.3 is 6.09 Å². The molecule has 0 spiro atoms. The van der Waals surface area contributed by atoms with E-state index in [9.17, 15) is 33.9 Å². The summed E-state index contributed by atoms with van der Waals surface area (Å²) in [4.78, 5) is 98.4. The summed E-state index contributed by atoms with van der Waals surface area (Å²) in [5.74, 6) is -3.50. The number of aromatic amines is 1. The van der Waals surface area contributed by atoms with Crippen LogP contribution < -0.4 is 21.3 Å². The fourth-order valence-electron chi connectivity index (χ4n) is 8.26. The number of nitrogens with one attached hydrogen (secondary N) is 5. The van der Waals surface area contributed by atoms with Crippen LogP contribution in [0, 0.1) is 23.7 Å². The number of amides is 6. The van der Waals surface area contributed by atoms with E-state index in [1.807, 2.05) is 77.9 Å². The van der Waals surface area contributed by atoms with E-state index >= 15 is 0 Å². The number of pyridine rings is 1. The number of ether oxygens (including phenoxy) is 1. The Morgan fingerprint density at radius 2 is 1.58 bits per heavy atom. The standard InChI is InChI=1S/C50H75N9O8/c1-11-33(6)43(47(64)53-29-35-20-15-16-22-52-35)57-44(61)37(32(4)5)27-42(60)38(24-31(2)3)55-46(63)41(26-36-28-51-30-54-36)58(10)48(65)39(25-34-18-13-12-14-19-34)56-45(62)40-21-17-23-59(40)49(66)67-50(7,8)9/h12-16,18-20,22,28,30-33,37-43,60H,11,17,21,23-27,29H2,1-10H3,(H,51,54)(H,53,64)(H,55,63)(H,56,62)(H,57,61)/t33-,37-,38-,39-,40-,41-,42-,43-/m0/s1. The second-order valence-electron chi connectivity index (χ2n) is 19.6. The van der Waals surface area contributed by atoms with Crippen molar-refractivity contribution in [2.45, 2.75) is 156 Å². The highest BCUT2D eigenvalue weighted by Crippen LogP contribution is 2.25. The number of aliphatic hydroxyl groups excluding tert-OH is 1. The molecule has 67 heavy (non-hydrogen) atoms. The first-order valence-electron chi connectivity index (χ1n) is 23.7. The Morgan fingerprint density at radius 3 is 2.18 bits per heavy atom. The van der Waals surface area contributed by atoms with Gasteiger partial charge < -0.3 is 41.0 Å². The number of likely N-dealkylation sites (tertiary alicyclic amines) is 1. The quantitative estimate of drug-likeness (QED) is 0.0768. The van der Waals surface area contributed by atoms with Gasteiger partial charge in [0.2, 0.25) is 29.5 Å². The van der Waals surface area contributed by atoms with Crippen LogP contribution in [0.3, 0.4) is 0 Å². The molecule has 1 aromatic carbocycles. The number of hydrogen-bond acceptors (Lipinski definition) is 10. The number of hydrogen-bond donors (Lipinski definition) is 6. The van der Waals surface area contributed by atoms with Gasteiger partial charge in [0.1, 0.15) is 29.8 Å². The maximum atomic E-state index is 14.8. The molecule has 3 heterocycles. The van der Waals surface area contributed by atoms with Crippen molar-refractivity contribution in [3.8, 4) is 0 Å².